The summed E-state index contributed by atoms with van der Waals surface area (Å²) in [5.41, 5.74) is 0.886. The second-order valence-corrected chi connectivity index (χ2v) is 8.65. The summed E-state index contributed by atoms with van der Waals surface area (Å²) in [4.78, 5) is 12.1. The van der Waals surface area contributed by atoms with Crippen molar-refractivity contribution in [3.05, 3.63) is 44.7 Å². The molecule has 28 heavy (non-hydrogen) atoms. The van der Waals surface area contributed by atoms with E-state index >= 15 is 0 Å². The largest absolute Gasteiger partial charge is 0.446 e. The summed E-state index contributed by atoms with van der Waals surface area (Å²) < 4.78 is 49.4. The minimum Gasteiger partial charge on any atom is -0.295 e. The monoisotopic (exact) mass is 475 g/mol. The molecule has 2 heterocycles. The third-order valence-corrected chi connectivity index (χ3v) is 5.98. The quantitative estimate of drug-likeness (QED) is 0.486. The molecule has 0 aliphatic rings. The molecular weight excluding hydrogens is 461 g/mol. The molecule has 0 saturated heterocycles. The smallest absolute Gasteiger partial charge is 0.295 e. The van der Waals surface area contributed by atoms with E-state index in [0.717, 1.165) is 4.57 Å². The third kappa shape index (κ3) is 4.36. The summed E-state index contributed by atoms with van der Waals surface area (Å²) in [5, 5.41) is 11.3. The molecule has 13 heteroatoms. The minimum absolute atomic E-state index is 0.0254. The van der Waals surface area contributed by atoms with Crippen molar-refractivity contribution in [1.82, 2.24) is 24.8 Å². The molecule has 0 bridgehead atoms. The molecule has 0 unspecified atom stereocenters. The van der Waals surface area contributed by atoms with Gasteiger partial charge in [-0.2, -0.15) is 0 Å². The minimum atomic E-state index is -3.29. The molecule has 0 spiro atoms. The van der Waals surface area contributed by atoms with Crippen LogP contribution in [0.25, 0.3) is 17.2 Å². The number of nitrogens with zero attached hydrogens (tertiary/aromatic N) is 4. The van der Waals surface area contributed by atoms with Gasteiger partial charge in [0, 0.05) is 0 Å². The van der Waals surface area contributed by atoms with Crippen molar-refractivity contribution in [3.63, 3.8) is 0 Å². The van der Waals surface area contributed by atoms with E-state index in [9.17, 15) is 17.6 Å². The van der Waals surface area contributed by atoms with Crippen LogP contribution < -0.4 is 10.5 Å². The predicted molar refractivity (Wildman–Crippen MR) is 98.8 cm³/mol. The molecule has 1 N–H and O–H groups in total. The van der Waals surface area contributed by atoms with Crippen molar-refractivity contribution < 1.29 is 22.0 Å². The topological polar surface area (TPSA) is 133 Å². The molecule has 3 aromatic rings. The Labute approximate surface area is 166 Å². The number of rotatable bonds is 8. The summed E-state index contributed by atoms with van der Waals surface area (Å²) in [5.74, 6) is -1.26. The van der Waals surface area contributed by atoms with Crippen molar-refractivity contribution in [2.24, 2.45) is 0 Å². The Morgan fingerprint density at radius 2 is 2.04 bits per heavy atom. The maximum Gasteiger partial charge on any atom is 0.446 e. The molecule has 0 radical (unpaired) electrons. The fraction of sp³-hybridized carbons (Fsp3) is 0.333. The van der Waals surface area contributed by atoms with E-state index in [4.69, 9.17) is 9.15 Å². The number of nitrogens with one attached hydrogen (secondary N) is 1. The average Bonchev–Trinajstić information content (AvgIpc) is 3.27. The fourth-order valence-electron chi connectivity index (χ4n) is 2.48. The lowest BCUT2D eigenvalue weighted by Gasteiger charge is -2.05. The zero-order valence-corrected chi connectivity index (χ0v) is 17.0. The average molecular weight is 476 g/mol. The van der Waals surface area contributed by atoms with E-state index in [1.54, 1.807) is 0 Å². The number of aryl methyl sites for hydroxylation is 1. The lowest BCUT2D eigenvalue weighted by Crippen LogP contribution is -2.21. The van der Waals surface area contributed by atoms with Crippen molar-refractivity contribution in [3.8, 4) is 17.2 Å². The highest BCUT2D eigenvalue weighted by atomic mass is 79.9. The summed E-state index contributed by atoms with van der Waals surface area (Å²) >= 11 is 3.07. The van der Waals surface area contributed by atoms with Gasteiger partial charge in [0.2, 0.25) is 15.8 Å². The second-order valence-electron chi connectivity index (χ2n) is 5.75. The number of hydrogen-bond acceptors (Lipinski definition) is 8. The van der Waals surface area contributed by atoms with Crippen LogP contribution in [0.3, 0.4) is 0 Å². The first-order valence-electron chi connectivity index (χ1n) is 8.09. The highest BCUT2D eigenvalue weighted by Gasteiger charge is 2.23. The maximum absolute atomic E-state index is 13.5. The Hall–Kier alpha value is -2.38. The Morgan fingerprint density at radius 3 is 2.75 bits per heavy atom. The first kappa shape index (κ1) is 20.4. The van der Waals surface area contributed by atoms with E-state index in [1.165, 1.54) is 25.2 Å². The van der Waals surface area contributed by atoms with Gasteiger partial charge in [0.1, 0.15) is 11.5 Å². The van der Waals surface area contributed by atoms with Crippen molar-refractivity contribution in [2.45, 2.75) is 19.3 Å². The van der Waals surface area contributed by atoms with E-state index < -0.39 is 21.6 Å². The Balaban J connectivity index is 1.85. The fourth-order valence-corrected chi connectivity index (χ4v) is 3.63. The molecule has 2 aromatic heterocycles. The van der Waals surface area contributed by atoms with E-state index in [1.807, 2.05) is 0 Å². The van der Waals surface area contributed by atoms with Crippen LogP contribution in [0, 0.1) is 5.82 Å². The highest BCUT2D eigenvalue weighted by Crippen LogP contribution is 2.24. The molecule has 0 fully saturated rings. The van der Waals surface area contributed by atoms with Gasteiger partial charge in [0.05, 0.1) is 15.9 Å². The van der Waals surface area contributed by atoms with Crippen LogP contribution in [0.1, 0.15) is 18.5 Å². The molecule has 150 valence electrons. The van der Waals surface area contributed by atoms with E-state index in [-0.39, 0.29) is 21.7 Å². The Morgan fingerprint density at radius 1 is 1.25 bits per heavy atom. The molecule has 0 amide bonds. The Bertz CT molecular complexity index is 1140. The zero-order chi connectivity index (χ0) is 20.3. The van der Waals surface area contributed by atoms with Crippen LogP contribution in [0.5, 0.6) is 0 Å². The molecular formula is C15H15BrFN5O5S. The molecule has 3 rings (SSSR count). The normalized spacial score (nSPS) is 11.8. The predicted octanol–water partition coefficient (Wildman–Crippen LogP) is 1.65. The van der Waals surface area contributed by atoms with Crippen LogP contribution in [0.4, 0.5) is 4.39 Å². The number of sulfonamides is 1. The first-order valence-corrected chi connectivity index (χ1v) is 10.5. The first-order chi connectivity index (χ1) is 13.3. The molecule has 0 saturated carbocycles. The highest BCUT2D eigenvalue weighted by molar-refractivity contribution is 9.10. The van der Waals surface area contributed by atoms with Crippen molar-refractivity contribution in [2.75, 3.05) is 12.8 Å². The summed E-state index contributed by atoms with van der Waals surface area (Å²) in [6.07, 6.45) is 1.24. The van der Waals surface area contributed by atoms with Gasteiger partial charge in [-0.3, -0.25) is 4.52 Å². The lowest BCUT2D eigenvalue weighted by molar-refractivity contribution is 0.303. The van der Waals surface area contributed by atoms with Crippen molar-refractivity contribution in [1.29, 1.82) is 0 Å². The number of aromatic nitrogens is 4. The number of halogens is 2. The van der Waals surface area contributed by atoms with Crippen LogP contribution in [-0.2, 0) is 16.4 Å². The zero-order valence-electron chi connectivity index (χ0n) is 14.6. The lowest BCUT2D eigenvalue weighted by atomic mass is 10.1. The second kappa shape index (κ2) is 8.32. The third-order valence-electron chi connectivity index (χ3n) is 3.92. The van der Waals surface area contributed by atoms with Gasteiger partial charge < -0.3 is 0 Å². The van der Waals surface area contributed by atoms with Crippen LogP contribution >= 0.6 is 15.9 Å². The number of unbranched alkanes of at least 4 members (excludes halogenated alkanes) is 1. The van der Waals surface area contributed by atoms with Crippen LogP contribution in [0.15, 0.2) is 36.6 Å². The van der Waals surface area contributed by atoms with Gasteiger partial charge in [0.15, 0.2) is 5.69 Å². The summed E-state index contributed by atoms with van der Waals surface area (Å²) in [6, 6.07) is 3.97. The number of benzene rings is 1. The molecule has 1 aromatic carbocycles. The van der Waals surface area contributed by atoms with E-state index in [2.05, 4.69) is 36.1 Å². The van der Waals surface area contributed by atoms with Crippen LogP contribution in [-0.4, -0.2) is 41.3 Å². The van der Waals surface area contributed by atoms with Gasteiger partial charge >= 0.3 is 5.76 Å². The molecule has 10 nitrogen and oxygen atoms in total. The molecule has 0 atom stereocenters. The van der Waals surface area contributed by atoms with Gasteiger partial charge in [0.25, 0.3) is 0 Å². The molecule has 0 aliphatic carbocycles. The van der Waals surface area contributed by atoms with E-state index in [0.29, 0.717) is 30.6 Å². The van der Waals surface area contributed by atoms with Gasteiger partial charge in [-0.1, -0.05) is 10.3 Å². The summed E-state index contributed by atoms with van der Waals surface area (Å²) in [6.45, 7) is 0. The van der Waals surface area contributed by atoms with Gasteiger partial charge in [-0.15, -0.1) is 0 Å². The summed E-state index contributed by atoms with van der Waals surface area (Å²) in [7, 11) is -1.93. The Kier molecular flexibility index (Phi) is 6.05. The standard InChI is InChI=1S/C15H15BrFN5O5S/c1-18-28(24,25)7-3-2-4-12-13(20-27-19-12)14-21-26-15(23)22(14)9-5-6-11(17)10(16)8-9/h5-6,8,18H,2-4,7H2,1H3. The maximum atomic E-state index is 13.5. The van der Waals surface area contributed by atoms with Gasteiger partial charge in [-0.25, -0.2) is 31.5 Å². The van der Waals surface area contributed by atoms with Crippen molar-refractivity contribution >= 4 is 26.0 Å². The van der Waals surface area contributed by atoms with Crippen LogP contribution in [0.2, 0.25) is 0 Å². The SMILES string of the molecule is CNS(=O)(=O)CCCCc1nonc1-c1noc(=O)n1-c1ccc(F)c(Br)c1. The molecule has 0 aliphatic heterocycles. The number of hydrogen-bond donors (Lipinski definition) is 1. The van der Waals surface area contributed by atoms with Gasteiger partial charge in [-0.05, 0) is 65.6 Å².